The number of aromatic nitrogens is 3. The van der Waals surface area contributed by atoms with Crippen LogP contribution in [0.15, 0.2) is 96.0 Å². The summed E-state index contributed by atoms with van der Waals surface area (Å²) < 4.78 is 22.4. The smallest absolute Gasteiger partial charge is 0.274 e. The number of ether oxygens (including phenoxy) is 1. The van der Waals surface area contributed by atoms with E-state index in [-0.39, 0.29) is 17.5 Å². The van der Waals surface area contributed by atoms with Crippen LogP contribution in [0.4, 0.5) is 10.1 Å². The van der Waals surface area contributed by atoms with Crippen LogP contribution < -0.4 is 15.4 Å². The summed E-state index contributed by atoms with van der Waals surface area (Å²) in [4.78, 5) is 39.0. The number of nitrogens with zero attached hydrogens (tertiary/aromatic N) is 5. The Hall–Kier alpha value is -5.42. The molecule has 3 aromatic carbocycles. The molecule has 1 atom stereocenters. The number of benzene rings is 3. The Bertz CT molecular complexity index is 1890. The summed E-state index contributed by atoms with van der Waals surface area (Å²) in [5.41, 5.74) is 3.02. The average Bonchev–Trinajstić information content (AvgIpc) is 3.32. The number of benzodiazepines with no additional fused rings is 1. The number of likely N-dealkylation sites (tertiary alicyclic amines) is 1. The number of carbonyl (C=O) groups is 2. The molecule has 5 aromatic rings. The number of nitrogens with one attached hydrogen (secondary N) is 2. The molecule has 2 amide bonds. The molecule has 2 aliphatic heterocycles. The maximum atomic E-state index is 14.9. The van der Waals surface area contributed by atoms with Crippen LogP contribution >= 0.6 is 0 Å². The Morgan fingerprint density at radius 2 is 1.67 bits per heavy atom. The predicted octanol–water partition coefficient (Wildman–Crippen LogP) is 3.77. The number of likely N-dealkylation sites (N-methyl/N-ethyl adjacent to an activating group) is 1. The number of fused-ring (bicyclic) bond motifs is 2. The van der Waals surface area contributed by atoms with E-state index in [4.69, 9.17) is 9.72 Å². The van der Waals surface area contributed by atoms with Crippen LogP contribution in [0.25, 0.3) is 16.9 Å². The van der Waals surface area contributed by atoms with Crippen molar-refractivity contribution in [3.63, 3.8) is 0 Å². The number of hydrogen-bond donors (Lipinski definition) is 2. The highest BCUT2D eigenvalue weighted by atomic mass is 19.1. The molecule has 0 spiro atoms. The highest BCUT2D eigenvalue weighted by Crippen LogP contribution is 2.28. The summed E-state index contributed by atoms with van der Waals surface area (Å²) >= 11 is 0. The zero-order valence-corrected chi connectivity index (χ0v) is 23.1. The Kier molecular flexibility index (Phi) is 6.63. The fourth-order valence-corrected chi connectivity index (χ4v) is 5.28. The standard InChI is InChI=1S/C32H26FN7O3/c1-39-17-21(18-39)43-25-16-15-24-34-27(20-11-6-3-7-12-20)29(40(24)38-25)31(41)37-30-32(42)36-28-22(13-8-14-23(28)33)26(35-30)19-9-4-2-5-10-19/h2-16,21,30H,17-18H2,1H3,(H,36,42)(H,37,41). The monoisotopic (exact) mass is 575 g/mol. The zero-order chi connectivity index (χ0) is 29.5. The molecule has 1 fully saturated rings. The molecule has 1 saturated heterocycles. The molecule has 11 heteroatoms. The minimum Gasteiger partial charge on any atom is -0.471 e. The first-order chi connectivity index (χ1) is 20.9. The summed E-state index contributed by atoms with van der Waals surface area (Å²) in [7, 11) is 2.00. The highest BCUT2D eigenvalue weighted by Gasteiger charge is 2.32. The van der Waals surface area contributed by atoms with Crippen molar-refractivity contribution in [2.45, 2.75) is 12.3 Å². The molecule has 0 radical (unpaired) electrons. The average molecular weight is 576 g/mol. The maximum absolute atomic E-state index is 14.9. The molecule has 0 aliphatic carbocycles. The molecule has 43 heavy (non-hydrogen) atoms. The van der Waals surface area contributed by atoms with Gasteiger partial charge in [0.1, 0.15) is 17.6 Å². The van der Waals surface area contributed by atoms with Crippen LogP contribution in [0.3, 0.4) is 0 Å². The van der Waals surface area contributed by atoms with Crippen LogP contribution in [-0.4, -0.2) is 69.4 Å². The van der Waals surface area contributed by atoms with Crippen molar-refractivity contribution in [3.8, 4) is 17.1 Å². The molecule has 0 saturated carbocycles. The quantitative estimate of drug-likeness (QED) is 0.319. The van der Waals surface area contributed by atoms with Gasteiger partial charge in [0.05, 0.1) is 11.4 Å². The number of anilines is 1. The number of para-hydroxylation sites is 1. The van der Waals surface area contributed by atoms with Crippen molar-refractivity contribution >= 4 is 28.9 Å². The summed E-state index contributed by atoms with van der Waals surface area (Å²) in [6.07, 6.45) is -1.39. The molecule has 7 rings (SSSR count). The van der Waals surface area contributed by atoms with Gasteiger partial charge in [0, 0.05) is 35.8 Å². The Morgan fingerprint density at radius 1 is 0.953 bits per heavy atom. The lowest BCUT2D eigenvalue weighted by Crippen LogP contribution is -2.51. The molecule has 2 aromatic heterocycles. The number of hydrogen-bond acceptors (Lipinski definition) is 7. The van der Waals surface area contributed by atoms with Gasteiger partial charge in [0.15, 0.2) is 11.3 Å². The van der Waals surface area contributed by atoms with Gasteiger partial charge < -0.3 is 15.4 Å². The van der Waals surface area contributed by atoms with E-state index in [9.17, 15) is 14.0 Å². The van der Waals surface area contributed by atoms with E-state index in [0.29, 0.717) is 39.6 Å². The first kappa shape index (κ1) is 26.5. The van der Waals surface area contributed by atoms with Crippen LogP contribution in [0.1, 0.15) is 21.6 Å². The van der Waals surface area contributed by atoms with Gasteiger partial charge in [-0.1, -0.05) is 72.8 Å². The second-order valence-electron chi connectivity index (χ2n) is 10.4. The van der Waals surface area contributed by atoms with Gasteiger partial charge in [-0.05, 0) is 19.2 Å². The van der Waals surface area contributed by atoms with Crippen molar-refractivity contribution in [2.24, 2.45) is 4.99 Å². The van der Waals surface area contributed by atoms with E-state index in [0.717, 1.165) is 13.1 Å². The lowest BCUT2D eigenvalue weighted by molar-refractivity contribution is -0.117. The highest BCUT2D eigenvalue weighted by molar-refractivity contribution is 6.20. The van der Waals surface area contributed by atoms with Crippen molar-refractivity contribution < 1.29 is 18.7 Å². The molecule has 214 valence electrons. The van der Waals surface area contributed by atoms with Crippen molar-refractivity contribution in [2.75, 3.05) is 25.5 Å². The van der Waals surface area contributed by atoms with E-state index in [1.54, 1.807) is 24.3 Å². The number of amides is 2. The minimum absolute atomic E-state index is 0.00303. The van der Waals surface area contributed by atoms with Gasteiger partial charge in [-0.25, -0.2) is 18.9 Å². The molecule has 1 unspecified atom stereocenters. The molecular weight excluding hydrogens is 549 g/mol. The lowest BCUT2D eigenvalue weighted by Gasteiger charge is -2.35. The third kappa shape index (κ3) is 4.99. The van der Waals surface area contributed by atoms with Crippen LogP contribution in [-0.2, 0) is 4.79 Å². The zero-order valence-electron chi connectivity index (χ0n) is 23.1. The van der Waals surface area contributed by atoms with Crippen molar-refractivity contribution in [3.05, 3.63) is 114 Å². The maximum Gasteiger partial charge on any atom is 0.274 e. The van der Waals surface area contributed by atoms with Crippen molar-refractivity contribution in [1.29, 1.82) is 0 Å². The van der Waals surface area contributed by atoms with Gasteiger partial charge in [0.25, 0.3) is 11.8 Å². The van der Waals surface area contributed by atoms with Gasteiger partial charge in [-0.3, -0.25) is 14.5 Å². The van der Waals surface area contributed by atoms with Gasteiger partial charge in [-0.2, -0.15) is 0 Å². The van der Waals surface area contributed by atoms with Crippen LogP contribution in [0.2, 0.25) is 0 Å². The van der Waals surface area contributed by atoms with E-state index in [2.05, 4.69) is 25.6 Å². The van der Waals surface area contributed by atoms with Crippen LogP contribution in [0.5, 0.6) is 5.88 Å². The van der Waals surface area contributed by atoms with Crippen molar-refractivity contribution in [1.82, 2.24) is 24.8 Å². The topological polar surface area (TPSA) is 113 Å². The van der Waals surface area contributed by atoms with E-state index >= 15 is 0 Å². The molecule has 4 heterocycles. The Balaban J connectivity index is 1.30. The van der Waals surface area contributed by atoms with Gasteiger partial charge in [-0.15, -0.1) is 5.10 Å². The predicted molar refractivity (Wildman–Crippen MR) is 159 cm³/mol. The fraction of sp³-hybridized carbons (Fsp3) is 0.156. The second kappa shape index (κ2) is 10.8. The number of imidazole rings is 1. The van der Waals surface area contributed by atoms with E-state index in [1.165, 1.54) is 10.6 Å². The molecular formula is C32H26FN7O3. The van der Waals surface area contributed by atoms with E-state index in [1.807, 2.05) is 67.7 Å². The SMILES string of the molecule is CN1CC(Oc2ccc3nc(-c4ccccc4)c(C(=O)NC4N=C(c5ccccc5)c5cccc(F)c5NC4=O)n3n2)C1. The number of rotatable bonds is 6. The summed E-state index contributed by atoms with van der Waals surface area (Å²) in [6.45, 7) is 1.54. The number of halogens is 1. The largest absolute Gasteiger partial charge is 0.471 e. The third-order valence-corrected chi connectivity index (χ3v) is 7.37. The molecule has 2 N–H and O–H groups in total. The number of carbonyl (C=O) groups excluding carboxylic acids is 2. The fourth-order valence-electron chi connectivity index (χ4n) is 5.28. The first-order valence-electron chi connectivity index (χ1n) is 13.8. The summed E-state index contributed by atoms with van der Waals surface area (Å²) in [5, 5.41) is 9.96. The minimum atomic E-state index is -1.38. The third-order valence-electron chi connectivity index (χ3n) is 7.37. The second-order valence-corrected chi connectivity index (χ2v) is 10.4. The summed E-state index contributed by atoms with van der Waals surface area (Å²) in [6, 6.07) is 26.3. The Labute approximate surface area is 245 Å². The van der Waals surface area contributed by atoms with E-state index < -0.39 is 23.8 Å². The van der Waals surface area contributed by atoms with Gasteiger partial charge >= 0.3 is 0 Å². The normalized spacial score (nSPS) is 16.9. The molecule has 2 aliphatic rings. The van der Waals surface area contributed by atoms with Gasteiger partial charge in [0.2, 0.25) is 12.0 Å². The molecule has 0 bridgehead atoms. The van der Waals surface area contributed by atoms with Crippen LogP contribution in [0, 0.1) is 5.82 Å². The lowest BCUT2D eigenvalue weighted by atomic mass is 10.0. The first-order valence-corrected chi connectivity index (χ1v) is 13.8. The Morgan fingerprint density at radius 3 is 2.40 bits per heavy atom. The number of aliphatic imine (C=N–C) groups is 1. The molecule has 10 nitrogen and oxygen atoms in total. The summed E-state index contributed by atoms with van der Waals surface area (Å²) in [5.74, 6) is -1.59.